The van der Waals surface area contributed by atoms with E-state index in [2.05, 4.69) is 5.32 Å². The van der Waals surface area contributed by atoms with Gasteiger partial charge in [-0.3, -0.25) is 9.59 Å². The van der Waals surface area contributed by atoms with Crippen LogP contribution >= 0.6 is 11.3 Å². The number of amides is 2. The average molecular weight is 241 g/mol. The fourth-order valence-electron chi connectivity index (χ4n) is 1.14. The Hall–Kier alpha value is -1.40. The smallest absolute Gasteiger partial charge is 0.264 e. The van der Waals surface area contributed by atoms with Crippen LogP contribution in [0.25, 0.3) is 0 Å². The summed E-state index contributed by atoms with van der Waals surface area (Å²) in [6.45, 7) is 0.880. The van der Waals surface area contributed by atoms with Crippen molar-refractivity contribution in [3.05, 3.63) is 22.4 Å². The standard InChI is InChI=1S/C10H15N3O2S/c1-13(7-9(14)12-5-4-11)10(15)8-3-2-6-16-8/h2-3,6H,4-5,7,11H2,1H3,(H,12,14). The van der Waals surface area contributed by atoms with Gasteiger partial charge >= 0.3 is 0 Å². The van der Waals surface area contributed by atoms with E-state index in [-0.39, 0.29) is 18.4 Å². The molecule has 0 bridgehead atoms. The molecule has 1 aromatic heterocycles. The van der Waals surface area contributed by atoms with Crippen molar-refractivity contribution >= 4 is 23.2 Å². The van der Waals surface area contributed by atoms with Crippen LogP contribution in [0.5, 0.6) is 0 Å². The average Bonchev–Trinajstić information content (AvgIpc) is 2.78. The molecule has 1 rings (SSSR count). The summed E-state index contributed by atoms with van der Waals surface area (Å²) in [5.41, 5.74) is 5.25. The molecule has 6 heteroatoms. The van der Waals surface area contributed by atoms with E-state index >= 15 is 0 Å². The van der Waals surface area contributed by atoms with E-state index < -0.39 is 0 Å². The fraction of sp³-hybridized carbons (Fsp3) is 0.400. The van der Waals surface area contributed by atoms with Crippen LogP contribution in [0.3, 0.4) is 0 Å². The summed E-state index contributed by atoms with van der Waals surface area (Å²) in [7, 11) is 1.60. The van der Waals surface area contributed by atoms with Crippen molar-refractivity contribution in [1.29, 1.82) is 0 Å². The zero-order chi connectivity index (χ0) is 12.0. The second kappa shape index (κ2) is 6.24. The maximum Gasteiger partial charge on any atom is 0.264 e. The zero-order valence-corrected chi connectivity index (χ0v) is 9.92. The van der Waals surface area contributed by atoms with Crippen LogP contribution in [0, 0.1) is 0 Å². The van der Waals surface area contributed by atoms with Crippen LogP contribution in [0.15, 0.2) is 17.5 Å². The summed E-state index contributed by atoms with van der Waals surface area (Å²) in [5.74, 6) is -0.337. The van der Waals surface area contributed by atoms with E-state index in [0.717, 1.165) is 0 Å². The minimum absolute atomic E-state index is 0.0523. The number of thiophene rings is 1. The molecule has 88 valence electrons. The van der Waals surface area contributed by atoms with Gasteiger partial charge in [-0.05, 0) is 11.4 Å². The Bertz CT molecular complexity index is 351. The Morgan fingerprint density at radius 1 is 1.56 bits per heavy atom. The molecular formula is C10H15N3O2S. The van der Waals surface area contributed by atoms with E-state index in [9.17, 15) is 9.59 Å². The lowest BCUT2D eigenvalue weighted by Crippen LogP contribution is -2.39. The summed E-state index contributed by atoms with van der Waals surface area (Å²) in [6.07, 6.45) is 0. The van der Waals surface area contributed by atoms with E-state index in [1.807, 2.05) is 5.38 Å². The number of carbonyl (C=O) groups is 2. The molecule has 5 nitrogen and oxygen atoms in total. The third-order valence-corrected chi connectivity index (χ3v) is 2.78. The van der Waals surface area contributed by atoms with Crippen LogP contribution in [0.4, 0.5) is 0 Å². The minimum Gasteiger partial charge on any atom is -0.353 e. The lowest BCUT2D eigenvalue weighted by Gasteiger charge is -2.15. The summed E-state index contributed by atoms with van der Waals surface area (Å²) in [6, 6.07) is 3.54. The molecule has 0 spiro atoms. The summed E-state index contributed by atoms with van der Waals surface area (Å²) >= 11 is 1.36. The van der Waals surface area contributed by atoms with Crippen molar-refractivity contribution in [2.24, 2.45) is 5.73 Å². The fourth-order valence-corrected chi connectivity index (χ4v) is 1.86. The van der Waals surface area contributed by atoms with Crippen LogP contribution in [-0.4, -0.2) is 43.4 Å². The number of hydrogen-bond acceptors (Lipinski definition) is 4. The third-order valence-electron chi connectivity index (χ3n) is 1.93. The Balaban J connectivity index is 2.43. The molecule has 0 saturated carbocycles. The van der Waals surface area contributed by atoms with Crippen molar-refractivity contribution in [2.75, 3.05) is 26.7 Å². The summed E-state index contributed by atoms with van der Waals surface area (Å²) in [5, 5.41) is 4.44. The van der Waals surface area contributed by atoms with Crippen molar-refractivity contribution < 1.29 is 9.59 Å². The predicted molar refractivity (Wildman–Crippen MR) is 63.3 cm³/mol. The van der Waals surface area contributed by atoms with Gasteiger partial charge in [0, 0.05) is 20.1 Å². The minimum atomic E-state index is -0.196. The number of rotatable bonds is 5. The molecule has 0 saturated heterocycles. The number of nitrogens with two attached hydrogens (primary N) is 1. The highest BCUT2D eigenvalue weighted by atomic mass is 32.1. The highest BCUT2D eigenvalue weighted by Gasteiger charge is 2.14. The van der Waals surface area contributed by atoms with Crippen molar-refractivity contribution in [1.82, 2.24) is 10.2 Å². The van der Waals surface area contributed by atoms with Crippen molar-refractivity contribution in [3.8, 4) is 0 Å². The van der Waals surface area contributed by atoms with Gasteiger partial charge in [-0.2, -0.15) is 0 Å². The first-order chi connectivity index (χ1) is 7.65. The summed E-state index contributed by atoms with van der Waals surface area (Å²) in [4.78, 5) is 25.1. The molecule has 0 aromatic carbocycles. The van der Waals surface area contributed by atoms with Crippen LogP contribution < -0.4 is 11.1 Å². The van der Waals surface area contributed by atoms with Crippen LogP contribution in [0.2, 0.25) is 0 Å². The molecule has 0 aliphatic rings. The zero-order valence-electron chi connectivity index (χ0n) is 9.10. The second-order valence-electron chi connectivity index (χ2n) is 3.28. The lowest BCUT2D eigenvalue weighted by molar-refractivity contribution is -0.121. The van der Waals surface area contributed by atoms with Gasteiger partial charge < -0.3 is 16.0 Å². The van der Waals surface area contributed by atoms with Gasteiger partial charge in [0.25, 0.3) is 5.91 Å². The first-order valence-corrected chi connectivity index (χ1v) is 5.79. The van der Waals surface area contributed by atoms with Crippen molar-refractivity contribution in [3.63, 3.8) is 0 Å². The molecule has 1 heterocycles. The number of carbonyl (C=O) groups excluding carboxylic acids is 2. The van der Waals surface area contributed by atoms with Crippen LogP contribution in [-0.2, 0) is 4.79 Å². The Kier molecular flexibility index (Phi) is 4.94. The molecule has 0 aliphatic carbocycles. The largest absolute Gasteiger partial charge is 0.353 e. The molecule has 0 atom stereocenters. The maximum absolute atomic E-state index is 11.7. The quantitative estimate of drug-likeness (QED) is 0.755. The van der Waals surface area contributed by atoms with Gasteiger partial charge in [-0.25, -0.2) is 0 Å². The molecule has 0 radical (unpaired) electrons. The molecule has 2 amide bonds. The molecule has 1 aromatic rings. The van der Waals surface area contributed by atoms with E-state index in [4.69, 9.17) is 5.73 Å². The number of hydrogen-bond donors (Lipinski definition) is 2. The normalized spacial score (nSPS) is 9.88. The SMILES string of the molecule is CN(CC(=O)NCCN)C(=O)c1cccs1. The highest BCUT2D eigenvalue weighted by molar-refractivity contribution is 7.12. The second-order valence-corrected chi connectivity index (χ2v) is 4.22. The van der Waals surface area contributed by atoms with Crippen molar-refractivity contribution in [2.45, 2.75) is 0 Å². The van der Waals surface area contributed by atoms with Gasteiger partial charge in [0.2, 0.25) is 5.91 Å². The Morgan fingerprint density at radius 3 is 2.88 bits per heavy atom. The number of nitrogens with one attached hydrogen (secondary N) is 1. The summed E-state index contributed by atoms with van der Waals surface area (Å²) < 4.78 is 0. The van der Waals surface area contributed by atoms with E-state index in [1.54, 1.807) is 19.2 Å². The van der Waals surface area contributed by atoms with Gasteiger partial charge in [0.1, 0.15) is 0 Å². The molecule has 16 heavy (non-hydrogen) atoms. The highest BCUT2D eigenvalue weighted by Crippen LogP contribution is 2.10. The molecule has 0 fully saturated rings. The molecule has 0 aliphatic heterocycles. The lowest BCUT2D eigenvalue weighted by atomic mass is 10.4. The first-order valence-electron chi connectivity index (χ1n) is 4.91. The van der Waals surface area contributed by atoms with Gasteiger partial charge in [0.05, 0.1) is 11.4 Å². The van der Waals surface area contributed by atoms with Crippen LogP contribution in [0.1, 0.15) is 9.67 Å². The number of nitrogens with zero attached hydrogens (tertiary/aromatic N) is 1. The van der Waals surface area contributed by atoms with Gasteiger partial charge in [-0.1, -0.05) is 6.07 Å². The molecule has 3 N–H and O–H groups in total. The molecule has 0 unspecified atom stereocenters. The van der Waals surface area contributed by atoms with E-state index in [0.29, 0.717) is 18.0 Å². The Morgan fingerprint density at radius 2 is 2.31 bits per heavy atom. The maximum atomic E-state index is 11.7. The monoisotopic (exact) mass is 241 g/mol. The Labute approximate surface area is 98.2 Å². The number of likely N-dealkylation sites (N-methyl/N-ethyl adjacent to an activating group) is 1. The van der Waals surface area contributed by atoms with Gasteiger partial charge in [-0.15, -0.1) is 11.3 Å². The molecular weight excluding hydrogens is 226 g/mol. The predicted octanol–water partition coefficient (Wildman–Crippen LogP) is -0.105. The van der Waals surface area contributed by atoms with Gasteiger partial charge in [0.15, 0.2) is 0 Å². The van der Waals surface area contributed by atoms with E-state index in [1.165, 1.54) is 16.2 Å². The first kappa shape index (κ1) is 12.7. The topological polar surface area (TPSA) is 75.4 Å². The third kappa shape index (κ3) is 3.63.